The zero-order valence-electron chi connectivity index (χ0n) is 23.9. The maximum Gasteiger partial charge on any atom is 0.219 e. The molecule has 0 radical (unpaired) electrons. The second kappa shape index (κ2) is 12.3. The molecule has 216 valence electrons. The molecule has 2 aromatic carbocycles. The summed E-state index contributed by atoms with van der Waals surface area (Å²) in [7, 11) is 1.70. The van der Waals surface area contributed by atoms with E-state index in [-0.39, 0.29) is 11.9 Å². The Balaban J connectivity index is 1.09. The minimum Gasteiger partial charge on any atom is -0.494 e. The third-order valence-electron chi connectivity index (χ3n) is 8.52. The average Bonchev–Trinajstić information content (AvgIpc) is 3.52. The van der Waals surface area contributed by atoms with Crippen LogP contribution in [-0.2, 0) is 9.63 Å². The van der Waals surface area contributed by atoms with E-state index in [2.05, 4.69) is 67.5 Å². The zero-order chi connectivity index (χ0) is 28.2. The second-order valence-corrected chi connectivity index (χ2v) is 10.9. The molecule has 6 rings (SSSR count). The molecule has 3 aliphatic heterocycles. The fourth-order valence-electron chi connectivity index (χ4n) is 6.22. The van der Waals surface area contributed by atoms with Gasteiger partial charge in [0.05, 0.1) is 25.4 Å². The monoisotopic (exact) mass is 557 g/mol. The summed E-state index contributed by atoms with van der Waals surface area (Å²) in [4.78, 5) is 33.5. The van der Waals surface area contributed by atoms with Gasteiger partial charge in [-0.05, 0) is 30.5 Å². The number of hydrogen-bond acceptors (Lipinski definition) is 9. The number of carbonyl (C=O) groups excluding carboxylic acids is 1. The van der Waals surface area contributed by atoms with E-state index in [0.717, 1.165) is 81.5 Å². The van der Waals surface area contributed by atoms with E-state index in [1.54, 1.807) is 20.4 Å². The minimum atomic E-state index is 0.113. The van der Waals surface area contributed by atoms with Crippen molar-refractivity contribution in [2.75, 3.05) is 68.3 Å². The summed E-state index contributed by atoms with van der Waals surface area (Å²) >= 11 is 0. The molecule has 3 saturated heterocycles. The number of rotatable bonds is 7. The number of benzene rings is 2. The van der Waals surface area contributed by atoms with Crippen molar-refractivity contribution in [1.29, 1.82) is 0 Å². The van der Waals surface area contributed by atoms with E-state index in [1.807, 2.05) is 22.1 Å². The van der Waals surface area contributed by atoms with Gasteiger partial charge in [0.2, 0.25) is 5.91 Å². The van der Waals surface area contributed by atoms with Crippen molar-refractivity contribution in [3.05, 3.63) is 66.5 Å². The van der Waals surface area contributed by atoms with Crippen LogP contribution in [0.3, 0.4) is 0 Å². The lowest BCUT2D eigenvalue weighted by Crippen LogP contribution is -2.54. The zero-order valence-corrected chi connectivity index (χ0v) is 23.9. The average molecular weight is 558 g/mol. The molecule has 0 bridgehead atoms. The number of hydroxylamine groups is 1. The van der Waals surface area contributed by atoms with E-state index in [0.29, 0.717) is 18.5 Å². The number of amides is 1. The van der Waals surface area contributed by atoms with Crippen LogP contribution in [-0.4, -0.2) is 84.7 Å². The van der Waals surface area contributed by atoms with Gasteiger partial charge in [-0.1, -0.05) is 30.3 Å². The van der Waals surface area contributed by atoms with Crippen LogP contribution in [0.2, 0.25) is 0 Å². The molecule has 1 unspecified atom stereocenters. The normalized spacial score (nSPS) is 20.3. The van der Waals surface area contributed by atoms with Crippen LogP contribution in [0.25, 0.3) is 0 Å². The van der Waals surface area contributed by atoms with Gasteiger partial charge in [0.15, 0.2) is 5.82 Å². The fraction of sp³-hybridized carbons (Fsp3) is 0.452. The molecule has 0 aliphatic carbocycles. The van der Waals surface area contributed by atoms with Gasteiger partial charge in [-0.15, -0.1) is 0 Å². The van der Waals surface area contributed by atoms with Gasteiger partial charge in [-0.3, -0.25) is 14.5 Å². The van der Waals surface area contributed by atoms with Crippen LogP contribution in [0.4, 0.5) is 23.0 Å². The summed E-state index contributed by atoms with van der Waals surface area (Å²) in [6.07, 6.45) is 4.70. The van der Waals surface area contributed by atoms with Crippen molar-refractivity contribution in [1.82, 2.24) is 19.8 Å². The molecule has 3 aromatic rings. The number of nitrogens with one attached hydrogen (secondary N) is 1. The van der Waals surface area contributed by atoms with E-state index in [9.17, 15) is 4.79 Å². The Morgan fingerprint density at radius 1 is 0.951 bits per heavy atom. The molecule has 1 atom stereocenters. The number of aromatic nitrogens is 2. The number of piperazine rings is 1. The lowest BCUT2D eigenvalue weighted by atomic mass is 10.0. The number of carbonyl (C=O) groups is 1. The van der Waals surface area contributed by atoms with Crippen molar-refractivity contribution in [3.8, 4) is 5.75 Å². The summed E-state index contributed by atoms with van der Waals surface area (Å²) in [5.41, 5.74) is 3.21. The number of anilines is 4. The lowest BCUT2D eigenvalue weighted by Gasteiger charge is -2.43. The number of nitrogens with zero attached hydrogens (tertiary/aromatic N) is 6. The fourth-order valence-corrected chi connectivity index (χ4v) is 6.22. The lowest BCUT2D eigenvalue weighted by molar-refractivity contribution is -0.130. The van der Waals surface area contributed by atoms with Gasteiger partial charge >= 0.3 is 0 Å². The summed E-state index contributed by atoms with van der Waals surface area (Å²) in [6, 6.07) is 19.3. The molecule has 1 N–H and O–H groups in total. The highest BCUT2D eigenvalue weighted by Crippen LogP contribution is 2.36. The van der Waals surface area contributed by atoms with E-state index < -0.39 is 0 Å². The Bertz CT molecular complexity index is 1320. The Kier molecular flexibility index (Phi) is 8.20. The highest BCUT2D eigenvalue weighted by molar-refractivity contribution is 5.73. The minimum absolute atomic E-state index is 0.113. The van der Waals surface area contributed by atoms with Crippen LogP contribution in [0.15, 0.2) is 60.9 Å². The van der Waals surface area contributed by atoms with Gasteiger partial charge in [0, 0.05) is 76.5 Å². The second-order valence-electron chi connectivity index (χ2n) is 10.9. The molecular formula is C31H39N7O3. The Morgan fingerprint density at radius 2 is 1.73 bits per heavy atom. The first kappa shape index (κ1) is 27.3. The van der Waals surface area contributed by atoms with Crippen LogP contribution in [0.1, 0.15) is 37.8 Å². The Hall–Kier alpha value is -3.89. The van der Waals surface area contributed by atoms with Gasteiger partial charge in [0.25, 0.3) is 0 Å². The number of piperidine rings is 1. The van der Waals surface area contributed by atoms with Crippen LogP contribution in [0, 0.1) is 0 Å². The first-order valence-electron chi connectivity index (χ1n) is 14.6. The predicted octanol–water partition coefficient (Wildman–Crippen LogP) is 4.24. The van der Waals surface area contributed by atoms with Crippen LogP contribution < -0.4 is 20.0 Å². The van der Waals surface area contributed by atoms with Crippen molar-refractivity contribution in [3.63, 3.8) is 0 Å². The van der Waals surface area contributed by atoms with Crippen molar-refractivity contribution in [2.45, 2.75) is 38.3 Å². The van der Waals surface area contributed by atoms with Gasteiger partial charge in [0.1, 0.15) is 17.9 Å². The molecule has 0 spiro atoms. The van der Waals surface area contributed by atoms with Crippen molar-refractivity contribution >= 4 is 28.9 Å². The largest absolute Gasteiger partial charge is 0.494 e. The number of methoxy groups -OCH3 is 1. The van der Waals surface area contributed by atoms with Crippen molar-refractivity contribution in [2.24, 2.45) is 0 Å². The van der Waals surface area contributed by atoms with Gasteiger partial charge < -0.3 is 19.9 Å². The predicted molar refractivity (Wildman–Crippen MR) is 160 cm³/mol. The molecule has 41 heavy (non-hydrogen) atoms. The maximum absolute atomic E-state index is 11.7. The Morgan fingerprint density at radius 3 is 2.46 bits per heavy atom. The third-order valence-corrected chi connectivity index (χ3v) is 8.52. The smallest absolute Gasteiger partial charge is 0.219 e. The first-order chi connectivity index (χ1) is 20.1. The molecule has 3 aliphatic rings. The topological polar surface area (TPSA) is 86.3 Å². The maximum atomic E-state index is 11.7. The SMILES string of the molecule is COc1cc(N2CCC(N3CCN(C(C)=O)CC3)CC2)ccc1Nc1cc(N2OCCC2c2ccccc2)ncn1. The standard InChI is InChI=1S/C31H39N7O3/c1-23(39)35-15-17-37(18-16-35)25-10-13-36(14-11-25)26-8-9-27(29(20-26)40-2)34-30-21-31(33-22-32-30)38-28(12-19-41-38)24-6-4-3-5-7-24/h3-9,20-22,25,28H,10-19H2,1-2H3,(H,32,33,34). The molecule has 1 amide bonds. The molecular weight excluding hydrogens is 518 g/mol. The quantitative estimate of drug-likeness (QED) is 0.458. The highest BCUT2D eigenvalue weighted by Gasteiger charge is 2.30. The van der Waals surface area contributed by atoms with E-state index in [4.69, 9.17) is 9.57 Å². The van der Waals surface area contributed by atoms with Gasteiger partial charge in [-0.2, -0.15) is 0 Å². The van der Waals surface area contributed by atoms with Gasteiger partial charge in [-0.25, -0.2) is 15.0 Å². The van der Waals surface area contributed by atoms with Crippen LogP contribution >= 0.6 is 0 Å². The Labute approximate surface area is 241 Å². The van der Waals surface area contributed by atoms with E-state index >= 15 is 0 Å². The summed E-state index contributed by atoms with van der Waals surface area (Å²) in [5.74, 6) is 2.35. The number of ether oxygens (including phenoxy) is 1. The van der Waals surface area contributed by atoms with Crippen LogP contribution in [0.5, 0.6) is 5.75 Å². The molecule has 1 aromatic heterocycles. The molecule has 3 fully saturated rings. The molecule has 10 heteroatoms. The summed E-state index contributed by atoms with van der Waals surface area (Å²) < 4.78 is 5.79. The van der Waals surface area contributed by atoms with Crippen molar-refractivity contribution < 1.29 is 14.4 Å². The van der Waals surface area contributed by atoms with E-state index in [1.165, 1.54) is 5.56 Å². The molecule has 10 nitrogen and oxygen atoms in total. The third kappa shape index (κ3) is 6.08. The molecule has 4 heterocycles. The molecule has 0 saturated carbocycles. The highest BCUT2D eigenvalue weighted by atomic mass is 16.7. The number of hydrogen-bond donors (Lipinski definition) is 1. The summed E-state index contributed by atoms with van der Waals surface area (Å²) in [6.45, 7) is 7.94. The first-order valence-corrected chi connectivity index (χ1v) is 14.6. The summed E-state index contributed by atoms with van der Waals surface area (Å²) in [5, 5.41) is 5.31.